The lowest BCUT2D eigenvalue weighted by molar-refractivity contribution is -0.135. The third kappa shape index (κ3) is 2.63. The predicted octanol–water partition coefficient (Wildman–Crippen LogP) is 1.70. The van der Waals surface area contributed by atoms with E-state index in [-0.39, 0.29) is 11.9 Å². The molecular weight excluding hydrogens is 168 g/mol. The van der Waals surface area contributed by atoms with Crippen LogP contribution in [-0.2, 0) is 4.79 Å². The first-order valence-electron chi connectivity index (χ1n) is 4.60. The third-order valence-electron chi connectivity index (χ3n) is 2.17. The predicted molar refractivity (Wildman–Crippen MR) is 49.0 cm³/mol. The first-order valence-corrected chi connectivity index (χ1v) is 4.60. The smallest absolute Gasteiger partial charge is 0.222 e. The number of unbranched alkanes of at least 4 members (excludes halogenated alkanes) is 1. The summed E-state index contributed by atoms with van der Waals surface area (Å²) in [6, 6.07) is 0.00979. The Kier molecular flexibility index (Phi) is 3.58. The molecule has 0 aromatic carbocycles. The molecule has 1 amide bonds. The van der Waals surface area contributed by atoms with Crippen LogP contribution in [0, 0.1) is 0 Å². The topological polar surface area (TPSA) is 69.1 Å². The lowest BCUT2D eigenvalue weighted by atomic mass is 10.1. The molecule has 13 heavy (non-hydrogen) atoms. The summed E-state index contributed by atoms with van der Waals surface area (Å²) in [6.45, 7) is 3.27. The quantitative estimate of drug-likeness (QED) is 0.370. The van der Waals surface area contributed by atoms with Crippen LogP contribution in [0.25, 0.3) is 10.4 Å². The maximum atomic E-state index is 11.3. The van der Waals surface area contributed by atoms with Gasteiger partial charge in [0.2, 0.25) is 5.91 Å². The molecular formula is C8H14N4O. The number of azide groups is 1. The van der Waals surface area contributed by atoms with E-state index in [1.165, 1.54) is 0 Å². The van der Waals surface area contributed by atoms with Gasteiger partial charge in [-0.15, -0.1) is 0 Å². The van der Waals surface area contributed by atoms with E-state index < -0.39 is 0 Å². The van der Waals surface area contributed by atoms with Gasteiger partial charge in [0.25, 0.3) is 0 Å². The second kappa shape index (κ2) is 4.72. The number of rotatable bonds is 4. The fraction of sp³-hybridized carbons (Fsp3) is 0.875. The summed E-state index contributed by atoms with van der Waals surface area (Å²) in [7, 11) is 0. The second-order valence-electron chi connectivity index (χ2n) is 3.26. The standard InChI is InChI=1S/C8H14N4O/c1-2-3-4-8(13)12-5-7(6-12)10-11-9/h7H,2-6H2,1H3. The number of likely N-dealkylation sites (tertiary alicyclic amines) is 1. The molecule has 1 saturated heterocycles. The Bertz CT molecular complexity index is 228. The van der Waals surface area contributed by atoms with Crippen molar-refractivity contribution < 1.29 is 4.79 Å². The van der Waals surface area contributed by atoms with Crippen molar-refractivity contribution in [3.63, 3.8) is 0 Å². The molecule has 1 fully saturated rings. The summed E-state index contributed by atoms with van der Waals surface area (Å²) in [4.78, 5) is 15.8. The monoisotopic (exact) mass is 182 g/mol. The summed E-state index contributed by atoms with van der Waals surface area (Å²) in [5, 5.41) is 3.53. The lowest BCUT2D eigenvalue weighted by Crippen LogP contribution is -2.52. The molecule has 1 heterocycles. The number of hydrogen-bond acceptors (Lipinski definition) is 2. The van der Waals surface area contributed by atoms with E-state index in [2.05, 4.69) is 16.9 Å². The molecule has 5 heteroatoms. The highest BCUT2D eigenvalue weighted by Crippen LogP contribution is 2.13. The van der Waals surface area contributed by atoms with Crippen LogP contribution < -0.4 is 0 Å². The van der Waals surface area contributed by atoms with Crippen LogP contribution in [0.3, 0.4) is 0 Å². The van der Waals surface area contributed by atoms with Gasteiger partial charge in [-0.05, 0) is 12.0 Å². The highest BCUT2D eigenvalue weighted by molar-refractivity contribution is 5.77. The fourth-order valence-corrected chi connectivity index (χ4v) is 1.29. The number of carbonyl (C=O) groups is 1. The molecule has 0 unspecified atom stereocenters. The Labute approximate surface area is 77.3 Å². The van der Waals surface area contributed by atoms with Gasteiger partial charge in [-0.25, -0.2) is 0 Å². The molecule has 0 atom stereocenters. The molecule has 0 spiro atoms. The van der Waals surface area contributed by atoms with E-state index in [4.69, 9.17) is 5.53 Å². The molecule has 0 aliphatic carbocycles. The van der Waals surface area contributed by atoms with E-state index in [1.54, 1.807) is 4.90 Å². The largest absolute Gasteiger partial charge is 0.342 e. The zero-order chi connectivity index (χ0) is 9.68. The molecule has 0 aromatic heterocycles. The summed E-state index contributed by atoms with van der Waals surface area (Å²) >= 11 is 0. The molecule has 72 valence electrons. The molecule has 1 rings (SSSR count). The van der Waals surface area contributed by atoms with Crippen molar-refractivity contribution in [2.45, 2.75) is 32.2 Å². The van der Waals surface area contributed by atoms with Crippen molar-refractivity contribution in [2.75, 3.05) is 13.1 Å². The zero-order valence-corrected chi connectivity index (χ0v) is 7.81. The van der Waals surface area contributed by atoms with Crippen LogP contribution in [0.2, 0.25) is 0 Å². The molecule has 0 bridgehead atoms. The van der Waals surface area contributed by atoms with Gasteiger partial charge in [0.05, 0.1) is 6.04 Å². The Morgan fingerprint density at radius 2 is 2.38 bits per heavy atom. The molecule has 0 aromatic rings. The lowest BCUT2D eigenvalue weighted by Gasteiger charge is -2.36. The van der Waals surface area contributed by atoms with E-state index in [1.807, 2.05) is 0 Å². The molecule has 1 aliphatic heterocycles. The first kappa shape index (κ1) is 9.86. The Balaban J connectivity index is 2.19. The number of nitrogens with zero attached hydrogens (tertiary/aromatic N) is 4. The fourth-order valence-electron chi connectivity index (χ4n) is 1.29. The second-order valence-corrected chi connectivity index (χ2v) is 3.26. The molecule has 0 saturated carbocycles. The van der Waals surface area contributed by atoms with Crippen LogP contribution in [0.4, 0.5) is 0 Å². The van der Waals surface area contributed by atoms with Gasteiger partial charge in [0, 0.05) is 24.4 Å². The number of carbonyl (C=O) groups excluding carboxylic acids is 1. The summed E-state index contributed by atoms with van der Waals surface area (Å²) < 4.78 is 0. The van der Waals surface area contributed by atoms with Gasteiger partial charge in [0.15, 0.2) is 0 Å². The van der Waals surface area contributed by atoms with Gasteiger partial charge in [-0.1, -0.05) is 18.5 Å². The Morgan fingerprint density at radius 3 is 2.92 bits per heavy atom. The van der Waals surface area contributed by atoms with Crippen molar-refractivity contribution in [1.29, 1.82) is 0 Å². The highest BCUT2D eigenvalue weighted by Gasteiger charge is 2.28. The van der Waals surface area contributed by atoms with Gasteiger partial charge >= 0.3 is 0 Å². The van der Waals surface area contributed by atoms with Crippen molar-refractivity contribution >= 4 is 5.91 Å². The van der Waals surface area contributed by atoms with Gasteiger partial charge < -0.3 is 4.90 Å². The Hall–Kier alpha value is -1.22. The maximum absolute atomic E-state index is 11.3. The highest BCUT2D eigenvalue weighted by atomic mass is 16.2. The number of amides is 1. The molecule has 1 aliphatic rings. The zero-order valence-electron chi connectivity index (χ0n) is 7.81. The van der Waals surface area contributed by atoms with Crippen molar-refractivity contribution in [3.05, 3.63) is 10.4 Å². The average Bonchev–Trinajstić information content (AvgIpc) is 2.06. The minimum atomic E-state index is 0.00979. The minimum absolute atomic E-state index is 0.00979. The average molecular weight is 182 g/mol. The summed E-state index contributed by atoms with van der Waals surface area (Å²) in [5.74, 6) is 0.186. The van der Waals surface area contributed by atoms with Crippen molar-refractivity contribution in [3.8, 4) is 0 Å². The van der Waals surface area contributed by atoms with E-state index in [0.29, 0.717) is 19.5 Å². The maximum Gasteiger partial charge on any atom is 0.222 e. The molecule has 0 radical (unpaired) electrons. The van der Waals surface area contributed by atoms with Crippen LogP contribution in [0.5, 0.6) is 0 Å². The summed E-state index contributed by atoms with van der Waals surface area (Å²) in [6.07, 6.45) is 2.61. The summed E-state index contributed by atoms with van der Waals surface area (Å²) in [5.41, 5.74) is 8.12. The minimum Gasteiger partial charge on any atom is -0.342 e. The first-order chi connectivity index (χ1) is 6.27. The van der Waals surface area contributed by atoms with Crippen molar-refractivity contribution in [1.82, 2.24) is 4.90 Å². The van der Waals surface area contributed by atoms with Crippen LogP contribution >= 0.6 is 0 Å². The van der Waals surface area contributed by atoms with E-state index in [9.17, 15) is 4.79 Å². The van der Waals surface area contributed by atoms with E-state index >= 15 is 0 Å². The van der Waals surface area contributed by atoms with Crippen LogP contribution in [0.1, 0.15) is 26.2 Å². The van der Waals surface area contributed by atoms with Crippen molar-refractivity contribution in [2.24, 2.45) is 5.11 Å². The molecule has 0 N–H and O–H groups in total. The normalized spacial score (nSPS) is 16.2. The van der Waals surface area contributed by atoms with Crippen LogP contribution in [-0.4, -0.2) is 29.9 Å². The van der Waals surface area contributed by atoms with Gasteiger partial charge in [0.1, 0.15) is 0 Å². The number of hydrogen-bond donors (Lipinski definition) is 0. The molecule has 5 nitrogen and oxygen atoms in total. The van der Waals surface area contributed by atoms with Crippen LogP contribution in [0.15, 0.2) is 5.11 Å². The SMILES string of the molecule is CCCCC(=O)N1CC(N=[N+]=[N-])C1. The van der Waals surface area contributed by atoms with Gasteiger partial charge in [-0.2, -0.15) is 0 Å². The third-order valence-corrected chi connectivity index (χ3v) is 2.17. The Morgan fingerprint density at radius 1 is 1.69 bits per heavy atom. The van der Waals surface area contributed by atoms with Gasteiger partial charge in [-0.3, -0.25) is 4.79 Å². The van der Waals surface area contributed by atoms with E-state index in [0.717, 1.165) is 12.8 Å².